The van der Waals surface area contributed by atoms with Crippen LogP contribution in [-0.4, -0.2) is 41.4 Å². The Hall–Kier alpha value is -2.08. The summed E-state index contributed by atoms with van der Waals surface area (Å²) in [7, 11) is 1.37. The zero-order valence-electron chi connectivity index (χ0n) is 12.0. The monoisotopic (exact) mass is 312 g/mol. The first-order valence-corrected chi connectivity index (χ1v) is 6.67. The fraction of sp³-hybridized carbons (Fsp3) is 0.357. The molecule has 114 valence electrons. The van der Waals surface area contributed by atoms with Gasteiger partial charge in [0, 0.05) is 18.7 Å². The van der Waals surface area contributed by atoms with E-state index in [1.54, 1.807) is 19.9 Å². The zero-order chi connectivity index (χ0) is 16.2. The molecular formula is C14H17ClN2O4. The molecule has 0 spiro atoms. The number of likely N-dealkylation sites (N-methyl/N-ethyl adjacent to an activating group) is 1. The molecule has 0 fully saturated rings. The first-order valence-electron chi connectivity index (χ1n) is 6.30. The molecule has 0 aliphatic rings. The molecule has 0 bridgehead atoms. The highest BCUT2D eigenvalue weighted by molar-refractivity contribution is 6.34. The second kappa shape index (κ2) is 7.08. The van der Waals surface area contributed by atoms with Crippen molar-refractivity contribution in [3.05, 3.63) is 28.8 Å². The van der Waals surface area contributed by atoms with E-state index in [0.29, 0.717) is 5.69 Å². The van der Waals surface area contributed by atoms with Crippen LogP contribution in [0.4, 0.5) is 5.69 Å². The Bertz CT molecular complexity index is 572. The summed E-state index contributed by atoms with van der Waals surface area (Å²) in [5.74, 6) is -2.03. The van der Waals surface area contributed by atoms with E-state index in [-0.39, 0.29) is 22.4 Å². The minimum absolute atomic E-state index is 0.141. The third-order valence-corrected chi connectivity index (χ3v) is 3.04. The normalized spacial score (nSPS) is 10.3. The highest BCUT2D eigenvalue weighted by Crippen LogP contribution is 2.22. The molecule has 0 atom stereocenters. The van der Waals surface area contributed by atoms with E-state index in [1.165, 1.54) is 19.2 Å². The van der Waals surface area contributed by atoms with Gasteiger partial charge in [0.1, 0.15) is 6.54 Å². The van der Waals surface area contributed by atoms with Crippen molar-refractivity contribution in [1.29, 1.82) is 0 Å². The van der Waals surface area contributed by atoms with Gasteiger partial charge in [0.2, 0.25) is 5.91 Å². The van der Waals surface area contributed by atoms with Crippen molar-refractivity contribution in [2.24, 2.45) is 5.92 Å². The van der Waals surface area contributed by atoms with Gasteiger partial charge in [0.05, 0.1) is 10.6 Å². The first kappa shape index (κ1) is 17.0. The molecule has 2 amide bonds. The highest BCUT2D eigenvalue weighted by Gasteiger charge is 2.18. The van der Waals surface area contributed by atoms with Crippen molar-refractivity contribution in [2.75, 3.05) is 18.9 Å². The smallest absolute Gasteiger partial charge is 0.323 e. The molecule has 0 radical (unpaired) electrons. The molecule has 0 saturated carbocycles. The third-order valence-electron chi connectivity index (χ3n) is 2.71. The van der Waals surface area contributed by atoms with Crippen LogP contribution in [0, 0.1) is 5.92 Å². The zero-order valence-corrected chi connectivity index (χ0v) is 12.8. The van der Waals surface area contributed by atoms with Crippen LogP contribution in [0.15, 0.2) is 18.2 Å². The Morgan fingerprint density at radius 1 is 1.33 bits per heavy atom. The predicted octanol–water partition coefficient (Wildman–Crippen LogP) is 2.09. The number of hydrogen-bond acceptors (Lipinski definition) is 3. The van der Waals surface area contributed by atoms with Gasteiger partial charge in [-0.3, -0.25) is 14.4 Å². The van der Waals surface area contributed by atoms with Gasteiger partial charge in [0.25, 0.3) is 5.91 Å². The minimum Gasteiger partial charge on any atom is -0.480 e. The lowest BCUT2D eigenvalue weighted by Crippen LogP contribution is -2.32. The molecule has 2 N–H and O–H groups in total. The van der Waals surface area contributed by atoms with Gasteiger partial charge in [-0.15, -0.1) is 0 Å². The lowest BCUT2D eigenvalue weighted by Gasteiger charge is -2.16. The molecule has 7 heteroatoms. The third kappa shape index (κ3) is 4.75. The summed E-state index contributed by atoms with van der Waals surface area (Å²) in [5, 5.41) is 11.6. The number of nitrogens with one attached hydrogen (secondary N) is 1. The summed E-state index contributed by atoms with van der Waals surface area (Å²) < 4.78 is 0. The van der Waals surface area contributed by atoms with Gasteiger partial charge in [-0.2, -0.15) is 0 Å². The van der Waals surface area contributed by atoms with E-state index in [0.717, 1.165) is 4.90 Å². The average Bonchev–Trinajstić information content (AvgIpc) is 2.39. The number of benzene rings is 1. The summed E-state index contributed by atoms with van der Waals surface area (Å²) in [6, 6.07) is 4.50. The van der Waals surface area contributed by atoms with Crippen molar-refractivity contribution in [1.82, 2.24) is 4.90 Å². The Balaban J connectivity index is 2.99. The van der Waals surface area contributed by atoms with Crippen LogP contribution in [0.2, 0.25) is 5.02 Å². The Labute approximate surface area is 127 Å². The van der Waals surface area contributed by atoms with Crippen molar-refractivity contribution in [3.63, 3.8) is 0 Å². The number of aliphatic carboxylic acids is 1. The molecular weight excluding hydrogens is 296 g/mol. The fourth-order valence-electron chi connectivity index (χ4n) is 1.53. The number of amides is 2. The van der Waals surface area contributed by atoms with Gasteiger partial charge in [-0.25, -0.2) is 0 Å². The van der Waals surface area contributed by atoms with Gasteiger partial charge in [-0.1, -0.05) is 25.4 Å². The van der Waals surface area contributed by atoms with Gasteiger partial charge in [0.15, 0.2) is 0 Å². The lowest BCUT2D eigenvalue weighted by molar-refractivity contribution is -0.137. The molecule has 1 aromatic rings. The quantitative estimate of drug-likeness (QED) is 0.871. The van der Waals surface area contributed by atoms with Gasteiger partial charge in [-0.05, 0) is 18.2 Å². The van der Waals surface area contributed by atoms with Crippen molar-refractivity contribution in [3.8, 4) is 0 Å². The maximum Gasteiger partial charge on any atom is 0.323 e. The summed E-state index contributed by atoms with van der Waals surface area (Å²) in [5.41, 5.74) is 0.576. The summed E-state index contributed by atoms with van der Waals surface area (Å²) >= 11 is 5.96. The van der Waals surface area contributed by atoms with Gasteiger partial charge >= 0.3 is 5.97 Å². The summed E-state index contributed by atoms with van der Waals surface area (Å²) in [4.78, 5) is 35.5. The molecule has 0 aliphatic heterocycles. The number of hydrogen-bond donors (Lipinski definition) is 2. The number of halogens is 1. The summed E-state index contributed by atoms with van der Waals surface area (Å²) in [6.07, 6.45) is 0. The van der Waals surface area contributed by atoms with Gasteiger partial charge < -0.3 is 15.3 Å². The van der Waals surface area contributed by atoms with E-state index < -0.39 is 18.4 Å². The molecule has 0 saturated heterocycles. The average molecular weight is 313 g/mol. The largest absolute Gasteiger partial charge is 0.480 e. The van der Waals surface area contributed by atoms with E-state index in [9.17, 15) is 14.4 Å². The Morgan fingerprint density at radius 2 is 1.95 bits per heavy atom. The van der Waals surface area contributed by atoms with Crippen molar-refractivity contribution in [2.45, 2.75) is 13.8 Å². The van der Waals surface area contributed by atoms with Crippen molar-refractivity contribution >= 4 is 35.1 Å². The topological polar surface area (TPSA) is 86.7 Å². The maximum atomic E-state index is 12.1. The molecule has 1 aromatic carbocycles. The number of carbonyl (C=O) groups is 3. The summed E-state index contributed by atoms with van der Waals surface area (Å²) in [6.45, 7) is 3.06. The minimum atomic E-state index is -1.12. The molecule has 0 heterocycles. The van der Waals surface area contributed by atoms with Crippen LogP contribution in [0.1, 0.15) is 24.2 Å². The molecule has 0 unspecified atom stereocenters. The van der Waals surface area contributed by atoms with E-state index in [1.807, 2.05) is 0 Å². The van der Waals surface area contributed by atoms with Crippen LogP contribution in [0.25, 0.3) is 0 Å². The number of carboxylic acids is 1. The number of rotatable bonds is 5. The Morgan fingerprint density at radius 3 is 2.48 bits per heavy atom. The van der Waals surface area contributed by atoms with E-state index in [2.05, 4.69) is 5.32 Å². The van der Waals surface area contributed by atoms with Crippen LogP contribution >= 0.6 is 11.6 Å². The number of carboxylic acid groups (broad SMARTS) is 1. The standard InChI is InChI=1S/C14H17ClN2O4/c1-8(2)13(20)16-9-4-5-11(15)10(6-9)14(21)17(3)7-12(18)19/h4-6,8H,7H2,1-3H3,(H,16,20)(H,18,19). The van der Waals surface area contributed by atoms with Crippen LogP contribution in [0.5, 0.6) is 0 Å². The van der Waals surface area contributed by atoms with Crippen molar-refractivity contribution < 1.29 is 19.5 Å². The van der Waals surface area contributed by atoms with Crippen LogP contribution < -0.4 is 5.32 Å². The second-order valence-corrected chi connectivity index (χ2v) is 5.30. The molecule has 1 rings (SSSR count). The van der Waals surface area contributed by atoms with Crippen LogP contribution in [0.3, 0.4) is 0 Å². The second-order valence-electron chi connectivity index (χ2n) is 4.89. The lowest BCUT2D eigenvalue weighted by atomic mass is 10.1. The highest BCUT2D eigenvalue weighted by atomic mass is 35.5. The Kier molecular flexibility index (Phi) is 5.72. The van der Waals surface area contributed by atoms with Crippen LogP contribution in [-0.2, 0) is 9.59 Å². The maximum absolute atomic E-state index is 12.1. The van der Waals surface area contributed by atoms with E-state index >= 15 is 0 Å². The number of carbonyl (C=O) groups excluding carboxylic acids is 2. The molecule has 6 nitrogen and oxygen atoms in total. The fourth-order valence-corrected chi connectivity index (χ4v) is 1.73. The predicted molar refractivity (Wildman–Crippen MR) is 79.5 cm³/mol. The van der Waals surface area contributed by atoms with E-state index in [4.69, 9.17) is 16.7 Å². The molecule has 21 heavy (non-hydrogen) atoms. The SMILES string of the molecule is CC(C)C(=O)Nc1ccc(Cl)c(C(=O)N(C)CC(=O)O)c1. The molecule has 0 aromatic heterocycles. The number of nitrogens with zero attached hydrogens (tertiary/aromatic N) is 1. The molecule has 0 aliphatic carbocycles. The number of anilines is 1. The first-order chi connectivity index (χ1) is 9.72.